The Balaban J connectivity index is 2.33. The number of aliphatic hydroxyl groups excluding tert-OH is 1. The predicted molar refractivity (Wildman–Crippen MR) is 135 cm³/mol. The Morgan fingerprint density at radius 2 is 1.84 bits per heavy atom. The smallest absolute Gasteiger partial charge is 0.222 e. The van der Waals surface area contributed by atoms with Crippen molar-refractivity contribution in [2.75, 3.05) is 20.1 Å². The number of nitrogens with zero attached hydrogens (tertiary/aromatic N) is 3. The SMILES string of the molecule is C=NC(=N[C@@H](C)CCC)N/C(C(=C)C1CCC(O)CC1)=C(\C)C(=NC)OC1CCNCC1. The number of guanidine groups is 1. The van der Waals surface area contributed by atoms with Gasteiger partial charge in [0.25, 0.3) is 0 Å². The Bertz CT molecular complexity index is 714. The molecule has 0 aromatic carbocycles. The second-order valence-corrected chi connectivity index (χ2v) is 9.00. The van der Waals surface area contributed by atoms with Gasteiger partial charge in [-0.1, -0.05) is 19.9 Å². The van der Waals surface area contributed by atoms with Gasteiger partial charge < -0.3 is 20.5 Å². The number of hydrogen-bond donors (Lipinski definition) is 3. The Morgan fingerprint density at radius 1 is 1.19 bits per heavy atom. The van der Waals surface area contributed by atoms with E-state index < -0.39 is 0 Å². The van der Waals surface area contributed by atoms with E-state index in [-0.39, 0.29) is 24.2 Å². The van der Waals surface area contributed by atoms with Crippen molar-refractivity contribution in [3.63, 3.8) is 0 Å². The highest BCUT2D eigenvalue weighted by Gasteiger charge is 2.27. The van der Waals surface area contributed by atoms with E-state index >= 15 is 0 Å². The van der Waals surface area contributed by atoms with E-state index in [1.807, 2.05) is 6.92 Å². The van der Waals surface area contributed by atoms with Gasteiger partial charge in [-0.3, -0.25) is 4.99 Å². The van der Waals surface area contributed by atoms with Gasteiger partial charge in [-0.25, -0.2) is 9.98 Å². The second kappa shape index (κ2) is 13.5. The first-order valence-electron chi connectivity index (χ1n) is 12.1. The third-order valence-electron chi connectivity index (χ3n) is 6.41. The normalized spacial score (nSPS) is 25.0. The molecule has 180 valence electrons. The molecular weight excluding hydrogens is 402 g/mol. The lowest BCUT2D eigenvalue weighted by molar-refractivity contribution is 0.116. The van der Waals surface area contributed by atoms with Crippen LogP contribution in [0.5, 0.6) is 0 Å². The van der Waals surface area contributed by atoms with Crippen molar-refractivity contribution in [2.24, 2.45) is 20.9 Å². The lowest BCUT2D eigenvalue weighted by atomic mass is 9.81. The van der Waals surface area contributed by atoms with E-state index in [0.29, 0.717) is 11.9 Å². The number of rotatable bonds is 8. The Morgan fingerprint density at radius 3 is 2.41 bits per heavy atom. The minimum Gasteiger partial charge on any atom is -0.474 e. The van der Waals surface area contributed by atoms with Gasteiger partial charge in [-0.2, -0.15) is 0 Å². The highest BCUT2D eigenvalue weighted by atomic mass is 16.5. The zero-order chi connectivity index (χ0) is 23.5. The van der Waals surface area contributed by atoms with Crippen molar-refractivity contribution in [3.05, 3.63) is 23.4 Å². The summed E-state index contributed by atoms with van der Waals surface area (Å²) in [5.74, 6) is 1.41. The summed E-state index contributed by atoms with van der Waals surface area (Å²) in [5.41, 5.74) is 2.75. The fourth-order valence-corrected chi connectivity index (χ4v) is 4.45. The maximum Gasteiger partial charge on any atom is 0.222 e. The summed E-state index contributed by atoms with van der Waals surface area (Å²) in [6.07, 6.45) is 7.33. The fourth-order valence-electron chi connectivity index (χ4n) is 4.45. The number of allylic oxidation sites excluding steroid dienone is 1. The zero-order valence-electron chi connectivity index (χ0n) is 20.5. The lowest BCUT2D eigenvalue weighted by Gasteiger charge is -2.30. The molecule has 1 aliphatic carbocycles. The molecule has 7 nitrogen and oxygen atoms in total. The van der Waals surface area contributed by atoms with E-state index in [0.717, 1.165) is 81.3 Å². The molecule has 1 saturated heterocycles. The van der Waals surface area contributed by atoms with E-state index in [2.05, 4.69) is 47.8 Å². The summed E-state index contributed by atoms with van der Waals surface area (Å²) in [6.45, 7) is 16.4. The Hall–Kier alpha value is -1.99. The summed E-state index contributed by atoms with van der Waals surface area (Å²) >= 11 is 0. The highest BCUT2D eigenvalue weighted by Crippen LogP contribution is 2.33. The van der Waals surface area contributed by atoms with Crippen molar-refractivity contribution < 1.29 is 9.84 Å². The van der Waals surface area contributed by atoms with E-state index in [1.165, 1.54) is 0 Å². The van der Waals surface area contributed by atoms with Crippen molar-refractivity contribution in [3.8, 4) is 0 Å². The summed E-state index contributed by atoms with van der Waals surface area (Å²) in [6, 6.07) is 0.151. The quantitative estimate of drug-likeness (QED) is 0.299. The number of nitrogens with one attached hydrogen (secondary N) is 2. The van der Waals surface area contributed by atoms with E-state index in [1.54, 1.807) is 7.05 Å². The molecular formula is C25H43N5O2. The van der Waals surface area contributed by atoms with Gasteiger partial charge in [-0.05, 0) is 90.1 Å². The number of aliphatic hydroxyl groups is 1. The first-order chi connectivity index (χ1) is 15.4. The summed E-state index contributed by atoms with van der Waals surface area (Å²) < 4.78 is 6.32. The average molecular weight is 446 g/mol. The minimum atomic E-state index is -0.210. The molecule has 0 unspecified atom stereocenters. The number of aliphatic imine (C=N–C) groups is 3. The predicted octanol–water partition coefficient (Wildman–Crippen LogP) is 4.00. The number of piperidine rings is 1. The summed E-state index contributed by atoms with van der Waals surface area (Å²) in [5, 5.41) is 16.7. The molecule has 0 amide bonds. The molecule has 0 aromatic heterocycles. The monoisotopic (exact) mass is 445 g/mol. The molecule has 1 aliphatic heterocycles. The van der Waals surface area contributed by atoms with Crippen molar-refractivity contribution in [1.82, 2.24) is 10.6 Å². The van der Waals surface area contributed by atoms with Crippen LogP contribution in [-0.4, -0.2) is 62.1 Å². The Kier molecular flexibility index (Phi) is 11.1. The van der Waals surface area contributed by atoms with Crippen LogP contribution in [0.25, 0.3) is 0 Å². The fraction of sp³-hybridized carbons (Fsp3) is 0.720. The molecule has 32 heavy (non-hydrogen) atoms. The number of hydrogen-bond acceptors (Lipinski definition) is 5. The van der Waals surface area contributed by atoms with Crippen molar-refractivity contribution >= 4 is 18.6 Å². The van der Waals surface area contributed by atoms with Crippen LogP contribution in [0.4, 0.5) is 0 Å². The third-order valence-corrected chi connectivity index (χ3v) is 6.41. The van der Waals surface area contributed by atoms with Gasteiger partial charge in [0.15, 0.2) is 0 Å². The van der Waals surface area contributed by atoms with Crippen LogP contribution in [0.2, 0.25) is 0 Å². The van der Waals surface area contributed by atoms with Crippen LogP contribution in [0.15, 0.2) is 38.4 Å². The molecule has 1 heterocycles. The first kappa shape index (κ1) is 26.3. The van der Waals surface area contributed by atoms with E-state index in [9.17, 15) is 5.11 Å². The highest BCUT2D eigenvalue weighted by molar-refractivity contribution is 5.96. The summed E-state index contributed by atoms with van der Waals surface area (Å²) in [7, 11) is 1.77. The maximum absolute atomic E-state index is 9.95. The molecule has 0 bridgehead atoms. The van der Waals surface area contributed by atoms with Crippen LogP contribution >= 0.6 is 0 Å². The number of ether oxygens (including phenoxy) is 1. The van der Waals surface area contributed by atoms with Crippen molar-refractivity contribution in [1.29, 1.82) is 0 Å². The molecule has 2 rings (SSSR count). The average Bonchev–Trinajstić information content (AvgIpc) is 2.80. The van der Waals surface area contributed by atoms with Crippen LogP contribution in [0.3, 0.4) is 0 Å². The van der Waals surface area contributed by atoms with Gasteiger partial charge in [0, 0.05) is 12.6 Å². The molecule has 1 atom stereocenters. The molecule has 2 fully saturated rings. The summed E-state index contributed by atoms with van der Waals surface area (Å²) in [4.78, 5) is 13.4. The maximum atomic E-state index is 9.95. The van der Waals surface area contributed by atoms with Gasteiger partial charge in [0.2, 0.25) is 11.9 Å². The van der Waals surface area contributed by atoms with Crippen LogP contribution in [-0.2, 0) is 4.74 Å². The van der Waals surface area contributed by atoms with Gasteiger partial charge >= 0.3 is 0 Å². The molecule has 0 radical (unpaired) electrons. The molecule has 0 aromatic rings. The second-order valence-electron chi connectivity index (χ2n) is 9.00. The third kappa shape index (κ3) is 7.85. The van der Waals surface area contributed by atoms with Gasteiger partial charge in [-0.15, -0.1) is 0 Å². The largest absolute Gasteiger partial charge is 0.474 e. The molecule has 7 heteroatoms. The molecule has 1 saturated carbocycles. The van der Waals surface area contributed by atoms with E-state index in [4.69, 9.17) is 9.73 Å². The zero-order valence-corrected chi connectivity index (χ0v) is 20.5. The standard InChI is InChI=1S/C25H43N5O2/c1-7-8-17(2)29-25(27-6)30-23(18(3)20-9-11-21(31)12-10-20)19(4)24(26-5)32-22-13-15-28-16-14-22/h17,20-22,28,31H,3,6-16H2,1-2,4-5H3,(H,29,30)/b23-19+,26-24?/t17-,20?,21?/m0/s1. The van der Waals surface area contributed by atoms with Crippen LogP contribution < -0.4 is 10.6 Å². The van der Waals surface area contributed by atoms with Crippen LogP contribution in [0.1, 0.15) is 72.1 Å². The lowest BCUT2D eigenvalue weighted by Crippen LogP contribution is -2.35. The minimum absolute atomic E-state index is 0.151. The topological polar surface area (TPSA) is 90.6 Å². The van der Waals surface area contributed by atoms with Gasteiger partial charge in [0.05, 0.1) is 17.8 Å². The first-order valence-corrected chi connectivity index (χ1v) is 12.1. The molecule has 3 N–H and O–H groups in total. The van der Waals surface area contributed by atoms with Gasteiger partial charge in [0.1, 0.15) is 6.10 Å². The van der Waals surface area contributed by atoms with Crippen LogP contribution in [0, 0.1) is 5.92 Å². The van der Waals surface area contributed by atoms with Crippen molar-refractivity contribution in [2.45, 2.75) is 90.4 Å². The molecule has 2 aliphatic rings. The Labute approximate surface area is 194 Å². The molecule has 0 spiro atoms.